The van der Waals surface area contributed by atoms with Gasteiger partial charge in [-0.05, 0) is 12.1 Å². The molecule has 0 radical (unpaired) electrons. The van der Waals surface area contributed by atoms with Crippen molar-refractivity contribution in [2.75, 3.05) is 11.3 Å². The molecule has 0 aliphatic rings. The lowest BCUT2D eigenvalue weighted by Crippen LogP contribution is -2.30. The van der Waals surface area contributed by atoms with Gasteiger partial charge in [-0.1, -0.05) is 0 Å². The topological polar surface area (TPSA) is 84.3 Å². The third-order valence-electron chi connectivity index (χ3n) is 1.55. The monoisotopic (exact) mass is 229 g/mol. The number of hydrogen-bond donors (Lipinski definition) is 2. The van der Waals surface area contributed by atoms with Crippen LogP contribution < -0.4 is 10.9 Å². The third-order valence-corrected chi connectivity index (χ3v) is 1.79. The number of hydrazine groups is 1. The molecule has 0 aliphatic carbocycles. The van der Waals surface area contributed by atoms with E-state index in [1.54, 1.807) is 0 Å². The molecule has 0 heterocycles. The number of nitro benzene ring substituents is 1. The lowest BCUT2D eigenvalue weighted by molar-refractivity contribution is -0.384. The molecule has 0 saturated heterocycles. The molecule has 1 aromatic rings. The minimum Gasteiger partial charge on any atom is -0.299 e. The molecule has 0 atom stereocenters. The number of rotatable bonds is 4. The van der Waals surface area contributed by atoms with Gasteiger partial charge in [-0.15, -0.1) is 11.6 Å². The van der Waals surface area contributed by atoms with Gasteiger partial charge < -0.3 is 0 Å². The summed E-state index contributed by atoms with van der Waals surface area (Å²) in [5.74, 6) is -0.532. The molecule has 0 aromatic heterocycles. The van der Waals surface area contributed by atoms with Crippen LogP contribution in [-0.2, 0) is 4.79 Å². The molecule has 0 saturated carbocycles. The summed E-state index contributed by atoms with van der Waals surface area (Å²) in [4.78, 5) is 20.6. The second-order valence-electron chi connectivity index (χ2n) is 2.61. The predicted octanol–water partition coefficient (Wildman–Crippen LogP) is 1.28. The number of nitro groups is 1. The highest BCUT2D eigenvalue weighted by atomic mass is 35.5. The molecular formula is C8H8ClN3O3. The van der Waals surface area contributed by atoms with Crippen LogP contribution in [0, 0.1) is 10.1 Å². The fraction of sp³-hybridized carbons (Fsp3) is 0.125. The van der Waals surface area contributed by atoms with E-state index in [1.807, 2.05) is 0 Å². The van der Waals surface area contributed by atoms with Gasteiger partial charge >= 0.3 is 0 Å². The molecular weight excluding hydrogens is 222 g/mol. The number of amides is 1. The molecule has 6 nitrogen and oxygen atoms in total. The van der Waals surface area contributed by atoms with Crippen LogP contribution in [0.5, 0.6) is 0 Å². The van der Waals surface area contributed by atoms with Crippen molar-refractivity contribution in [1.29, 1.82) is 0 Å². The Labute approximate surface area is 90.3 Å². The second kappa shape index (κ2) is 5.16. The Morgan fingerprint density at radius 2 is 2.00 bits per heavy atom. The zero-order valence-electron chi connectivity index (χ0n) is 7.57. The number of nitrogens with zero attached hydrogens (tertiary/aromatic N) is 1. The number of non-ortho nitro benzene ring substituents is 1. The van der Waals surface area contributed by atoms with Crippen molar-refractivity contribution in [1.82, 2.24) is 5.43 Å². The number of halogens is 1. The van der Waals surface area contributed by atoms with Gasteiger partial charge in [0.15, 0.2) is 0 Å². The van der Waals surface area contributed by atoms with Gasteiger partial charge in [0.1, 0.15) is 5.88 Å². The lowest BCUT2D eigenvalue weighted by Gasteiger charge is -2.05. The first-order valence-corrected chi connectivity index (χ1v) is 4.52. The van der Waals surface area contributed by atoms with Gasteiger partial charge in [-0.2, -0.15) is 0 Å². The van der Waals surface area contributed by atoms with E-state index in [4.69, 9.17) is 11.6 Å². The number of benzene rings is 1. The largest absolute Gasteiger partial charge is 0.299 e. The quantitative estimate of drug-likeness (QED) is 0.463. The number of alkyl halides is 1. The molecule has 0 fully saturated rings. The summed E-state index contributed by atoms with van der Waals surface area (Å²) in [6.45, 7) is 0. The summed E-state index contributed by atoms with van der Waals surface area (Å²) in [7, 11) is 0. The lowest BCUT2D eigenvalue weighted by atomic mass is 10.3. The summed E-state index contributed by atoms with van der Waals surface area (Å²) in [6, 6.07) is 5.61. The Morgan fingerprint density at radius 1 is 1.40 bits per heavy atom. The van der Waals surface area contributed by atoms with Crippen LogP contribution >= 0.6 is 11.6 Å². The second-order valence-corrected chi connectivity index (χ2v) is 2.88. The Balaban J connectivity index is 2.57. The van der Waals surface area contributed by atoms with Crippen molar-refractivity contribution >= 4 is 28.9 Å². The average molecular weight is 230 g/mol. The van der Waals surface area contributed by atoms with Crippen LogP contribution in [0.1, 0.15) is 0 Å². The average Bonchev–Trinajstić information content (AvgIpc) is 2.26. The van der Waals surface area contributed by atoms with Crippen molar-refractivity contribution in [3.63, 3.8) is 0 Å². The summed E-state index contributed by atoms with van der Waals surface area (Å²) in [5.41, 5.74) is 5.39. The SMILES string of the molecule is O=C(CCl)NNc1ccc([N+](=O)[O-])cc1. The van der Waals surface area contributed by atoms with E-state index in [9.17, 15) is 14.9 Å². The summed E-state index contributed by atoms with van der Waals surface area (Å²) in [6.07, 6.45) is 0. The smallest absolute Gasteiger partial charge is 0.269 e. The maximum atomic E-state index is 10.7. The first-order valence-electron chi connectivity index (χ1n) is 3.99. The summed E-state index contributed by atoms with van der Waals surface area (Å²) < 4.78 is 0. The first-order chi connectivity index (χ1) is 7.13. The van der Waals surface area contributed by atoms with Crippen LogP contribution in [0.15, 0.2) is 24.3 Å². The number of carbonyl (C=O) groups is 1. The molecule has 1 amide bonds. The molecule has 15 heavy (non-hydrogen) atoms. The summed E-state index contributed by atoms with van der Waals surface area (Å²) in [5, 5.41) is 10.3. The molecule has 1 aromatic carbocycles. The Hall–Kier alpha value is -1.82. The number of carbonyl (C=O) groups excluding carboxylic acids is 1. The maximum absolute atomic E-state index is 10.7. The van der Waals surface area contributed by atoms with Crippen LogP contribution in [-0.4, -0.2) is 16.7 Å². The van der Waals surface area contributed by atoms with Gasteiger partial charge in [0.25, 0.3) is 11.6 Å². The van der Waals surface area contributed by atoms with Gasteiger partial charge in [0.05, 0.1) is 10.6 Å². The Bertz CT molecular complexity index is 366. The van der Waals surface area contributed by atoms with E-state index in [0.717, 1.165) is 0 Å². The fourth-order valence-corrected chi connectivity index (χ4v) is 0.909. The van der Waals surface area contributed by atoms with Crippen molar-refractivity contribution in [3.8, 4) is 0 Å². The Morgan fingerprint density at radius 3 is 2.47 bits per heavy atom. The highest BCUT2D eigenvalue weighted by Crippen LogP contribution is 2.14. The van der Waals surface area contributed by atoms with Crippen LogP contribution in [0.2, 0.25) is 0 Å². The van der Waals surface area contributed by atoms with E-state index >= 15 is 0 Å². The third kappa shape index (κ3) is 3.43. The van der Waals surface area contributed by atoms with Gasteiger partial charge in [0.2, 0.25) is 0 Å². The molecule has 0 aliphatic heterocycles. The zero-order chi connectivity index (χ0) is 11.3. The van der Waals surface area contributed by atoms with Gasteiger partial charge in [-0.25, -0.2) is 0 Å². The fourth-order valence-electron chi connectivity index (χ4n) is 0.842. The van der Waals surface area contributed by atoms with Gasteiger partial charge in [-0.3, -0.25) is 25.8 Å². The van der Waals surface area contributed by atoms with Crippen LogP contribution in [0.3, 0.4) is 0 Å². The highest BCUT2D eigenvalue weighted by Gasteiger charge is 2.03. The molecule has 80 valence electrons. The molecule has 2 N–H and O–H groups in total. The van der Waals surface area contributed by atoms with E-state index in [1.165, 1.54) is 24.3 Å². The number of nitrogens with one attached hydrogen (secondary N) is 2. The number of anilines is 1. The van der Waals surface area contributed by atoms with E-state index in [-0.39, 0.29) is 17.5 Å². The van der Waals surface area contributed by atoms with Crippen LogP contribution in [0.4, 0.5) is 11.4 Å². The van der Waals surface area contributed by atoms with Crippen LogP contribution in [0.25, 0.3) is 0 Å². The molecule has 0 unspecified atom stereocenters. The number of hydrogen-bond acceptors (Lipinski definition) is 4. The van der Waals surface area contributed by atoms with E-state index < -0.39 is 4.92 Å². The normalized spacial score (nSPS) is 9.40. The van der Waals surface area contributed by atoms with E-state index in [0.29, 0.717) is 5.69 Å². The first kappa shape index (κ1) is 11.3. The Kier molecular flexibility index (Phi) is 3.87. The maximum Gasteiger partial charge on any atom is 0.269 e. The van der Waals surface area contributed by atoms with E-state index in [2.05, 4.69) is 10.9 Å². The standard InChI is InChI=1S/C8H8ClN3O3/c9-5-8(13)11-10-6-1-3-7(4-2-6)12(14)15/h1-4,10H,5H2,(H,11,13). The van der Waals surface area contributed by atoms with Crippen molar-refractivity contribution in [2.45, 2.75) is 0 Å². The van der Waals surface area contributed by atoms with Crippen molar-refractivity contribution in [2.24, 2.45) is 0 Å². The highest BCUT2D eigenvalue weighted by molar-refractivity contribution is 6.27. The predicted molar refractivity (Wildman–Crippen MR) is 55.6 cm³/mol. The van der Waals surface area contributed by atoms with Gasteiger partial charge in [0, 0.05) is 12.1 Å². The molecule has 1 rings (SSSR count). The van der Waals surface area contributed by atoms with Crippen molar-refractivity contribution < 1.29 is 9.72 Å². The molecule has 0 bridgehead atoms. The molecule has 0 spiro atoms. The van der Waals surface area contributed by atoms with Crippen molar-refractivity contribution in [3.05, 3.63) is 34.4 Å². The minimum atomic E-state index is -0.499. The summed E-state index contributed by atoms with van der Waals surface area (Å²) >= 11 is 5.24. The minimum absolute atomic E-state index is 0.00998. The molecule has 7 heteroatoms. The zero-order valence-corrected chi connectivity index (χ0v) is 8.32.